The molecule has 0 aliphatic carbocycles. The lowest BCUT2D eigenvalue weighted by atomic mass is 10.0. The molecule has 1 saturated heterocycles. The molecule has 0 aromatic heterocycles. The van der Waals surface area contributed by atoms with Gasteiger partial charge in [0.1, 0.15) is 0 Å². The van der Waals surface area contributed by atoms with Crippen molar-refractivity contribution in [2.75, 3.05) is 26.2 Å². The van der Waals surface area contributed by atoms with Crippen LogP contribution in [0.25, 0.3) is 0 Å². The van der Waals surface area contributed by atoms with E-state index in [1.165, 1.54) is 31.5 Å². The van der Waals surface area contributed by atoms with E-state index >= 15 is 0 Å². The highest BCUT2D eigenvalue weighted by molar-refractivity contribution is 5.80. The molecule has 24 heavy (non-hydrogen) atoms. The lowest BCUT2D eigenvalue weighted by Gasteiger charge is -2.35. The van der Waals surface area contributed by atoms with E-state index in [0.717, 1.165) is 31.9 Å². The molecule has 1 aliphatic heterocycles. The second-order valence-corrected chi connectivity index (χ2v) is 6.90. The Morgan fingerprint density at radius 2 is 1.92 bits per heavy atom. The maximum absolute atomic E-state index is 4.76. The molecule has 2 rings (SSSR count). The average molecular weight is 331 g/mol. The van der Waals surface area contributed by atoms with Crippen molar-refractivity contribution in [2.24, 2.45) is 4.99 Å². The number of piperidine rings is 1. The number of guanidine groups is 1. The Labute approximate surface area is 147 Å². The second-order valence-electron chi connectivity index (χ2n) is 6.90. The Morgan fingerprint density at radius 1 is 1.21 bits per heavy atom. The molecule has 0 radical (unpaired) electrons. The zero-order valence-corrected chi connectivity index (χ0v) is 15.6. The third kappa shape index (κ3) is 6.52. The fourth-order valence-electron chi connectivity index (χ4n) is 3.19. The lowest BCUT2D eigenvalue weighted by Crippen LogP contribution is -2.49. The number of nitrogens with zero attached hydrogens (tertiary/aromatic N) is 2. The Bertz CT molecular complexity index is 476. The molecule has 0 atom stereocenters. The van der Waals surface area contributed by atoms with E-state index in [1.807, 2.05) is 0 Å². The SMILES string of the molecule is CCNC(=NCCCc1ccccc1)NC1CCN(C(C)C)CC1. The van der Waals surface area contributed by atoms with Crippen LogP contribution in [0.15, 0.2) is 35.3 Å². The quantitative estimate of drug-likeness (QED) is 0.458. The monoisotopic (exact) mass is 330 g/mol. The van der Waals surface area contributed by atoms with Gasteiger partial charge >= 0.3 is 0 Å². The van der Waals surface area contributed by atoms with Gasteiger partial charge in [-0.25, -0.2) is 0 Å². The van der Waals surface area contributed by atoms with Crippen molar-refractivity contribution in [3.63, 3.8) is 0 Å². The number of aliphatic imine (C=N–C) groups is 1. The van der Waals surface area contributed by atoms with E-state index in [2.05, 4.69) is 66.6 Å². The minimum absolute atomic E-state index is 0.548. The number of hydrogen-bond acceptors (Lipinski definition) is 2. The molecule has 4 nitrogen and oxygen atoms in total. The fourth-order valence-corrected chi connectivity index (χ4v) is 3.19. The van der Waals surface area contributed by atoms with E-state index in [-0.39, 0.29) is 0 Å². The zero-order chi connectivity index (χ0) is 17.2. The standard InChI is InChI=1S/C20H34N4/c1-4-21-20(22-14-8-11-18-9-6-5-7-10-18)23-19-12-15-24(16-13-19)17(2)3/h5-7,9-10,17,19H,4,8,11-16H2,1-3H3,(H2,21,22,23). The van der Waals surface area contributed by atoms with Gasteiger partial charge in [0.2, 0.25) is 0 Å². The molecule has 134 valence electrons. The number of likely N-dealkylation sites (tertiary alicyclic amines) is 1. The third-order valence-electron chi connectivity index (χ3n) is 4.68. The molecule has 0 amide bonds. The number of nitrogens with one attached hydrogen (secondary N) is 2. The van der Waals surface area contributed by atoms with Gasteiger partial charge in [-0.05, 0) is 52.0 Å². The predicted molar refractivity (Wildman–Crippen MR) is 104 cm³/mol. The summed E-state index contributed by atoms with van der Waals surface area (Å²) in [6.07, 6.45) is 4.59. The Balaban J connectivity index is 1.74. The Morgan fingerprint density at radius 3 is 2.54 bits per heavy atom. The molecule has 2 N–H and O–H groups in total. The number of benzene rings is 1. The summed E-state index contributed by atoms with van der Waals surface area (Å²) in [6, 6.07) is 11.9. The highest BCUT2D eigenvalue weighted by Gasteiger charge is 2.21. The van der Waals surface area contributed by atoms with E-state index in [0.29, 0.717) is 12.1 Å². The van der Waals surface area contributed by atoms with Crippen LogP contribution in [-0.2, 0) is 6.42 Å². The number of hydrogen-bond donors (Lipinski definition) is 2. The van der Waals surface area contributed by atoms with Gasteiger partial charge in [-0.2, -0.15) is 0 Å². The first-order chi connectivity index (χ1) is 11.7. The summed E-state index contributed by atoms with van der Waals surface area (Å²) in [5, 5.41) is 7.02. The molecule has 1 heterocycles. The third-order valence-corrected chi connectivity index (χ3v) is 4.68. The predicted octanol–water partition coefficient (Wildman–Crippen LogP) is 3.05. The van der Waals surface area contributed by atoms with Crippen LogP contribution < -0.4 is 10.6 Å². The van der Waals surface area contributed by atoms with Crippen LogP contribution in [0.3, 0.4) is 0 Å². The molecular weight excluding hydrogens is 296 g/mol. The first-order valence-corrected chi connectivity index (χ1v) is 9.52. The zero-order valence-electron chi connectivity index (χ0n) is 15.6. The summed E-state index contributed by atoms with van der Waals surface area (Å²) in [5.41, 5.74) is 1.40. The minimum atomic E-state index is 0.548. The highest BCUT2D eigenvalue weighted by Crippen LogP contribution is 2.12. The van der Waals surface area contributed by atoms with Crippen molar-refractivity contribution in [2.45, 2.75) is 58.5 Å². The van der Waals surface area contributed by atoms with Crippen molar-refractivity contribution in [1.82, 2.24) is 15.5 Å². The van der Waals surface area contributed by atoms with Crippen molar-refractivity contribution in [3.8, 4) is 0 Å². The van der Waals surface area contributed by atoms with Gasteiger partial charge in [-0.3, -0.25) is 4.99 Å². The van der Waals surface area contributed by atoms with Gasteiger partial charge in [0.05, 0.1) is 0 Å². The molecular formula is C20H34N4. The topological polar surface area (TPSA) is 39.7 Å². The van der Waals surface area contributed by atoms with Gasteiger partial charge in [0.25, 0.3) is 0 Å². The van der Waals surface area contributed by atoms with Crippen molar-refractivity contribution < 1.29 is 0 Å². The average Bonchev–Trinajstić information content (AvgIpc) is 2.60. The number of rotatable bonds is 7. The molecule has 0 saturated carbocycles. The van der Waals surface area contributed by atoms with Crippen LogP contribution in [0.4, 0.5) is 0 Å². The molecule has 0 bridgehead atoms. The summed E-state index contributed by atoms with van der Waals surface area (Å²) in [4.78, 5) is 7.32. The van der Waals surface area contributed by atoms with Crippen molar-refractivity contribution in [1.29, 1.82) is 0 Å². The maximum atomic E-state index is 4.76. The fraction of sp³-hybridized carbons (Fsp3) is 0.650. The summed E-state index contributed by atoms with van der Waals surface area (Å²) in [5.74, 6) is 0.980. The first-order valence-electron chi connectivity index (χ1n) is 9.52. The van der Waals surface area contributed by atoms with E-state index in [9.17, 15) is 0 Å². The Hall–Kier alpha value is -1.55. The van der Waals surface area contributed by atoms with Crippen LogP contribution in [0.2, 0.25) is 0 Å². The summed E-state index contributed by atoms with van der Waals surface area (Å²) in [6.45, 7) is 10.8. The number of aryl methyl sites for hydroxylation is 1. The van der Waals surface area contributed by atoms with Gasteiger partial charge in [0, 0.05) is 38.3 Å². The Kier molecular flexibility index (Phi) is 8.10. The summed E-state index contributed by atoms with van der Waals surface area (Å²) in [7, 11) is 0. The van der Waals surface area contributed by atoms with Crippen LogP contribution in [-0.4, -0.2) is 49.1 Å². The summed E-state index contributed by atoms with van der Waals surface area (Å²) >= 11 is 0. The van der Waals surface area contributed by atoms with Gasteiger partial charge in [-0.15, -0.1) is 0 Å². The maximum Gasteiger partial charge on any atom is 0.191 e. The van der Waals surface area contributed by atoms with Gasteiger partial charge in [0.15, 0.2) is 5.96 Å². The van der Waals surface area contributed by atoms with Crippen molar-refractivity contribution >= 4 is 5.96 Å². The van der Waals surface area contributed by atoms with Gasteiger partial charge < -0.3 is 15.5 Å². The molecule has 0 unspecified atom stereocenters. The van der Waals surface area contributed by atoms with E-state index in [4.69, 9.17) is 4.99 Å². The molecule has 1 aliphatic rings. The van der Waals surface area contributed by atoms with Crippen LogP contribution in [0, 0.1) is 0 Å². The lowest BCUT2D eigenvalue weighted by molar-refractivity contribution is 0.167. The first kappa shape index (κ1) is 18.8. The second kappa shape index (κ2) is 10.3. The highest BCUT2D eigenvalue weighted by atomic mass is 15.2. The van der Waals surface area contributed by atoms with Crippen LogP contribution in [0.5, 0.6) is 0 Å². The minimum Gasteiger partial charge on any atom is -0.357 e. The molecule has 1 aromatic rings. The molecule has 1 aromatic carbocycles. The van der Waals surface area contributed by atoms with Crippen LogP contribution in [0.1, 0.15) is 45.6 Å². The molecule has 4 heteroatoms. The van der Waals surface area contributed by atoms with E-state index in [1.54, 1.807) is 0 Å². The van der Waals surface area contributed by atoms with Gasteiger partial charge in [-0.1, -0.05) is 30.3 Å². The van der Waals surface area contributed by atoms with Crippen LogP contribution >= 0.6 is 0 Å². The summed E-state index contributed by atoms with van der Waals surface area (Å²) < 4.78 is 0. The smallest absolute Gasteiger partial charge is 0.191 e. The normalized spacial score (nSPS) is 17.2. The molecule has 1 fully saturated rings. The largest absolute Gasteiger partial charge is 0.357 e. The molecule has 0 spiro atoms. The van der Waals surface area contributed by atoms with Crippen molar-refractivity contribution in [3.05, 3.63) is 35.9 Å². The van der Waals surface area contributed by atoms with E-state index < -0.39 is 0 Å².